The summed E-state index contributed by atoms with van der Waals surface area (Å²) in [5.41, 5.74) is 0. The summed E-state index contributed by atoms with van der Waals surface area (Å²) in [5, 5.41) is 0.522. The Morgan fingerprint density at radius 3 is 2.00 bits per heavy atom. The van der Waals surface area contributed by atoms with Crippen LogP contribution in [0.1, 0.15) is 96.8 Å². The molecule has 0 spiro atoms. The maximum absolute atomic E-state index is 11.2. The van der Waals surface area contributed by atoms with E-state index in [0.717, 1.165) is 6.42 Å². The van der Waals surface area contributed by atoms with E-state index in [4.69, 9.17) is 4.74 Å². The van der Waals surface area contributed by atoms with Gasteiger partial charge in [0.25, 0.3) is 0 Å². The van der Waals surface area contributed by atoms with Gasteiger partial charge in [-0.15, -0.1) is 0 Å². The number of thioether (sulfide) groups is 1. The Hall–Kier alpha value is -0.180. The van der Waals surface area contributed by atoms with Crippen molar-refractivity contribution in [1.29, 1.82) is 0 Å². The van der Waals surface area contributed by atoms with Gasteiger partial charge in [-0.3, -0.25) is 4.79 Å². The average Bonchev–Trinajstić information content (AvgIpc) is 2.52. The Balaban J connectivity index is 1.74. The normalized spacial score (nSPS) is 18.4. The Morgan fingerprint density at radius 2 is 1.45 bits per heavy atom. The molecule has 2 nitrogen and oxygen atoms in total. The van der Waals surface area contributed by atoms with Crippen molar-refractivity contribution in [3.05, 3.63) is 0 Å². The van der Waals surface area contributed by atoms with Crippen molar-refractivity contribution in [3.63, 3.8) is 0 Å². The lowest BCUT2D eigenvalue weighted by atomic mass is 10.1. The molecular formula is C19H36O2S. The van der Waals surface area contributed by atoms with Gasteiger partial charge in [0.05, 0.1) is 13.0 Å². The summed E-state index contributed by atoms with van der Waals surface area (Å²) < 4.78 is 4.97. The number of hydrogen-bond donors (Lipinski definition) is 0. The lowest BCUT2D eigenvalue weighted by Gasteiger charge is -2.20. The van der Waals surface area contributed by atoms with Crippen molar-refractivity contribution >= 4 is 17.7 Å². The van der Waals surface area contributed by atoms with Gasteiger partial charge < -0.3 is 4.74 Å². The molecule has 0 saturated carbocycles. The molecule has 0 N–H and O–H groups in total. The van der Waals surface area contributed by atoms with Crippen LogP contribution in [0.2, 0.25) is 0 Å². The second-order valence-electron chi connectivity index (χ2n) is 6.60. The van der Waals surface area contributed by atoms with Crippen molar-refractivity contribution in [2.24, 2.45) is 0 Å². The third-order valence-electron chi connectivity index (χ3n) is 4.45. The maximum atomic E-state index is 11.2. The summed E-state index contributed by atoms with van der Waals surface area (Å²) in [6, 6.07) is 0. The fraction of sp³-hybridized carbons (Fsp3) is 0.947. The summed E-state index contributed by atoms with van der Waals surface area (Å²) in [7, 11) is 0. The van der Waals surface area contributed by atoms with Crippen molar-refractivity contribution in [1.82, 2.24) is 0 Å². The highest BCUT2D eigenvalue weighted by molar-refractivity contribution is 7.99. The van der Waals surface area contributed by atoms with Gasteiger partial charge in [-0.2, -0.15) is 11.8 Å². The summed E-state index contributed by atoms with van der Waals surface area (Å²) in [6.07, 6.45) is 18.6. The Kier molecular flexibility index (Phi) is 13.0. The lowest BCUT2D eigenvalue weighted by Crippen LogP contribution is -2.22. The zero-order chi connectivity index (χ0) is 15.9. The number of hydrogen-bond acceptors (Lipinski definition) is 3. The molecular weight excluding hydrogens is 292 g/mol. The molecule has 1 fully saturated rings. The quantitative estimate of drug-likeness (QED) is 0.283. The molecule has 0 aromatic rings. The van der Waals surface area contributed by atoms with E-state index in [1.807, 2.05) is 11.8 Å². The number of ether oxygens (including phenoxy) is 1. The van der Waals surface area contributed by atoms with Gasteiger partial charge in [-0.05, 0) is 18.6 Å². The highest BCUT2D eigenvalue weighted by Crippen LogP contribution is 2.24. The van der Waals surface area contributed by atoms with Crippen LogP contribution < -0.4 is 0 Å². The van der Waals surface area contributed by atoms with Gasteiger partial charge in [0.2, 0.25) is 0 Å². The van der Waals surface area contributed by atoms with E-state index >= 15 is 0 Å². The van der Waals surface area contributed by atoms with Crippen LogP contribution in [0.15, 0.2) is 0 Å². The first-order valence-electron chi connectivity index (χ1n) is 9.60. The van der Waals surface area contributed by atoms with Crippen molar-refractivity contribution in [2.75, 3.05) is 12.4 Å². The predicted octanol–water partition coefficient (Wildman–Crippen LogP) is 6.13. The highest BCUT2D eigenvalue weighted by Gasteiger charge is 2.20. The van der Waals surface area contributed by atoms with Gasteiger partial charge in [0, 0.05) is 5.25 Å². The first-order chi connectivity index (χ1) is 10.8. The molecule has 0 aromatic carbocycles. The Bertz CT molecular complexity index is 268. The summed E-state index contributed by atoms with van der Waals surface area (Å²) in [5.74, 6) is 1.22. The minimum absolute atomic E-state index is 0.00144. The number of esters is 1. The number of cyclic esters (lactones) is 1. The molecule has 1 saturated heterocycles. The van der Waals surface area contributed by atoms with Crippen LogP contribution in [0, 0.1) is 0 Å². The predicted molar refractivity (Wildman–Crippen MR) is 97.5 cm³/mol. The fourth-order valence-electron chi connectivity index (χ4n) is 2.99. The molecule has 1 aliphatic rings. The van der Waals surface area contributed by atoms with Crippen LogP contribution in [0.5, 0.6) is 0 Å². The van der Waals surface area contributed by atoms with E-state index in [9.17, 15) is 4.79 Å². The molecule has 1 rings (SSSR count). The number of carbonyl (C=O) groups is 1. The SMILES string of the molecule is CCCCCCCCCCCCCCSC1CCOC(=O)C1. The van der Waals surface area contributed by atoms with Crippen molar-refractivity contribution in [3.8, 4) is 0 Å². The van der Waals surface area contributed by atoms with Gasteiger partial charge >= 0.3 is 5.97 Å². The third-order valence-corrected chi connectivity index (χ3v) is 5.85. The van der Waals surface area contributed by atoms with E-state index in [2.05, 4.69) is 6.92 Å². The Morgan fingerprint density at radius 1 is 0.909 bits per heavy atom. The molecule has 0 aromatic heterocycles. The second-order valence-corrected chi connectivity index (χ2v) is 8.00. The van der Waals surface area contributed by atoms with E-state index in [1.165, 1.54) is 82.8 Å². The number of rotatable bonds is 14. The first kappa shape index (κ1) is 19.9. The van der Waals surface area contributed by atoms with Crippen LogP contribution in [-0.2, 0) is 9.53 Å². The largest absolute Gasteiger partial charge is 0.466 e. The number of unbranched alkanes of at least 4 members (excludes halogenated alkanes) is 11. The zero-order valence-electron chi connectivity index (χ0n) is 14.6. The van der Waals surface area contributed by atoms with E-state index in [-0.39, 0.29) is 5.97 Å². The lowest BCUT2D eigenvalue weighted by molar-refractivity contribution is -0.146. The van der Waals surface area contributed by atoms with Crippen LogP contribution in [-0.4, -0.2) is 23.6 Å². The van der Waals surface area contributed by atoms with Crippen molar-refractivity contribution in [2.45, 2.75) is 102 Å². The van der Waals surface area contributed by atoms with Crippen LogP contribution in [0.3, 0.4) is 0 Å². The molecule has 1 unspecified atom stereocenters. The second kappa shape index (κ2) is 14.4. The molecule has 1 atom stereocenters. The monoisotopic (exact) mass is 328 g/mol. The van der Waals surface area contributed by atoms with E-state index < -0.39 is 0 Å². The molecule has 1 heterocycles. The minimum Gasteiger partial charge on any atom is -0.466 e. The molecule has 1 aliphatic heterocycles. The summed E-state index contributed by atoms with van der Waals surface area (Å²) in [6.45, 7) is 2.91. The average molecular weight is 329 g/mol. The molecule has 0 aliphatic carbocycles. The summed E-state index contributed by atoms with van der Waals surface area (Å²) >= 11 is 1.98. The minimum atomic E-state index is -0.00144. The topological polar surface area (TPSA) is 26.3 Å². The van der Waals surface area contributed by atoms with Crippen LogP contribution in [0.4, 0.5) is 0 Å². The molecule has 130 valence electrons. The molecule has 0 amide bonds. The van der Waals surface area contributed by atoms with Crippen molar-refractivity contribution < 1.29 is 9.53 Å². The standard InChI is InChI=1S/C19H36O2S/c1-2-3-4-5-6-7-8-9-10-11-12-13-16-22-18-14-15-21-19(20)17-18/h18H,2-17H2,1H3. The Labute approximate surface area is 142 Å². The van der Waals surface area contributed by atoms with Gasteiger partial charge in [0.15, 0.2) is 0 Å². The van der Waals surface area contributed by atoms with E-state index in [1.54, 1.807) is 0 Å². The van der Waals surface area contributed by atoms with Gasteiger partial charge in [-0.1, -0.05) is 77.6 Å². The fourth-order valence-corrected chi connectivity index (χ4v) is 4.21. The van der Waals surface area contributed by atoms with Crippen LogP contribution >= 0.6 is 11.8 Å². The molecule has 3 heteroatoms. The molecule has 0 bridgehead atoms. The smallest absolute Gasteiger partial charge is 0.306 e. The molecule has 0 radical (unpaired) electrons. The zero-order valence-corrected chi connectivity index (χ0v) is 15.4. The first-order valence-corrected chi connectivity index (χ1v) is 10.6. The van der Waals surface area contributed by atoms with E-state index in [0.29, 0.717) is 18.3 Å². The summed E-state index contributed by atoms with van der Waals surface area (Å²) in [4.78, 5) is 11.2. The maximum Gasteiger partial charge on any atom is 0.306 e. The van der Waals surface area contributed by atoms with Gasteiger partial charge in [0.1, 0.15) is 0 Å². The number of carbonyl (C=O) groups excluding carboxylic acids is 1. The third kappa shape index (κ3) is 11.4. The van der Waals surface area contributed by atoms with Gasteiger partial charge in [-0.25, -0.2) is 0 Å². The van der Waals surface area contributed by atoms with Crippen LogP contribution in [0.25, 0.3) is 0 Å². The molecule has 22 heavy (non-hydrogen) atoms. The highest BCUT2D eigenvalue weighted by atomic mass is 32.2.